The maximum Gasteiger partial charge on any atom is 0.269 e. The summed E-state index contributed by atoms with van der Waals surface area (Å²) in [6, 6.07) is 20.0. The third-order valence-corrected chi connectivity index (χ3v) is 6.30. The second kappa shape index (κ2) is 10.9. The number of piperidine rings is 1. The summed E-state index contributed by atoms with van der Waals surface area (Å²) in [5, 5.41) is 26.3. The van der Waals surface area contributed by atoms with Gasteiger partial charge in [0.2, 0.25) is 0 Å². The first kappa shape index (κ1) is 24.7. The first-order valence-electron chi connectivity index (χ1n) is 11.1. The molecule has 0 aliphatic carbocycles. The van der Waals surface area contributed by atoms with Gasteiger partial charge in [-0.15, -0.1) is 0 Å². The summed E-state index contributed by atoms with van der Waals surface area (Å²) in [5.41, 5.74) is 1.35. The van der Waals surface area contributed by atoms with Crippen LogP contribution in [-0.4, -0.2) is 29.0 Å². The van der Waals surface area contributed by atoms with E-state index in [2.05, 4.69) is 5.32 Å². The first-order valence-corrected chi connectivity index (χ1v) is 11.4. The van der Waals surface area contributed by atoms with Crippen molar-refractivity contribution in [2.45, 2.75) is 31.3 Å². The zero-order valence-corrected chi connectivity index (χ0v) is 19.5. The van der Waals surface area contributed by atoms with Gasteiger partial charge in [0.25, 0.3) is 11.4 Å². The van der Waals surface area contributed by atoms with Gasteiger partial charge in [0.1, 0.15) is 11.7 Å². The summed E-state index contributed by atoms with van der Waals surface area (Å²) in [6.45, 7) is 1.46. The topological polar surface area (TPSA) is 117 Å². The van der Waals surface area contributed by atoms with Crippen molar-refractivity contribution in [2.24, 2.45) is 0 Å². The fourth-order valence-electron chi connectivity index (χ4n) is 4.27. The van der Waals surface area contributed by atoms with Crippen LogP contribution in [0, 0.1) is 20.2 Å². The van der Waals surface area contributed by atoms with Gasteiger partial charge in [-0.05, 0) is 41.8 Å². The van der Waals surface area contributed by atoms with Crippen LogP contribution < -0.4 is 5.32 Å². The van der Waals surface area contributed by atoms with Gasteiger partial charge < -0.3 is 14.8 Å². The van der Waals surface area contributed by atoms with E-state index in [0.29, 0.717) is 35.7 Å². The summed E-state index contributed by atoms with van der Waals surface area (Å²) in [5.74, 6) is 0. The molecule has 1 unspecified atom stereocenters. The molecular weight excluding hydrogens is 474 g/mol. The highest BCUT2D eigenvalue weighted by Crippen LogP contribution is 2.39. The molecule has 1 aliphatic heterocycles. The lowest BCUT2D eigenvalue weighted by Gasteiger charge is -2.44. The number of halogens is 1. The summed E-state index contributed by atoms with van der Waals surface area (Å²) in [6.07, 6.45) is 0.152. The molecule has 0 spiro atoms. The molecule has 3 aromatic carbocycles. The van der Waals surface area contributed by atoms with Gasteiger partial charge >= 0.3 is 0 Å². The van der Waals surface area contributed by atoms with Crippen LogP contribution in [0.1, 0.15) is 23.1 Å². The number of hydrogen-bond acceptors (Lipinski definition) is 7. The van der Waals surface area contributed by atoms with Gasteiger partial charge in [-0.3, -0.25) is 20.2 Å². The van der Waals surface area contributed by atoms with Crippen LogP contribution in [0.4, 0.5) is 11.4 Å². The first-order chi connectivity index (χ1) is 16.9. The summed E-state index contributed by atoms with van der Waals surface area (Å²) >= 11 is 6.13. The van der Waals surface area contributed by atoms with Crippen molar-refractivity contribution in [1.82, 2.24) is 5.32 Å². The molecular formula is C25H24ClN3O6. The second-order valence-corrected chi connectivity index (χ2v) is 8.73. The fourth-order valence-corrected chi connectivity index (χ4v) is 4.39. The van der Waals surface area contributed by atoms with Crippen molar-refractivity contribution in [3.05, 3.63) is 115 Å². The smallest absolute Gasteiger partial charge is 0.269 e. The zero-order valence-electron chi connectivity index (χ0n) is 18.8. The number of nitrogens with one attached hydrogen (secondary N) is 1. The molecule has 1 aliphatic rings. The predicted molar refractivity (Wildman–Crippen MR) is 130 cm³/mol. The van der Waals surface area contributed by atoms with Crippen LogP contribution in [0.15, 0.2) is 72.8 Å². The largest absolute Gasteiger partial charge is 0.369 e. The molecule has 9 nitrogen and oxygen atoms in total. The lowest BCUT2D eigenvalue weighted by Crippen LogP contribution is -2.54. The van der Waals surface area contributed by atoms with E-state index in [1.165, 1.54) is 24.3 Å². The van der Waals surface area contributed by atoms with Gasteiger partial charge in [-0.1, -0.05) is 48.0 Å². The van der Waals surface area contributed by atoms with Crippen molar-refractivity contribution in [2.75, 3.05) is 13.1 Å². The molecule has 0 radical (unpaired) electrons. The maximum atomic E-state index is 11.2. The highest BCUT2D eigenvalue weighted by molar-refractivity contribution is 6.30. The van der Waals surface area contributed by atoms with Gasteiger partial charge in [-0.25, -0.2) is 0 Å². The Morgan fingerprint density at radius 1 is 0.914 bits per heavy atom. The molecule has 3 aromatic rings. The van der Waals surface area contributed by atoms with Crippen molar-refractivity contribution >= 4 is 23.0 Å². The number of non-ortho nitro benzene ring substituents is 2. The van der Waals surface area contributed by atoms with Gasteiger partial charge in [0, 0.05) is 35.8 Å². The number of nitrogens with zero attached hydrogens (tertiary/aromatic N) is 2. The van der Waals surface area contributed by atoms with E-state index in [9.17, 15) is 20.2 Å². The summed E-state index contributed by atoms with van der Waals surface area (Å²) < 4.78 is 12.8. The van der Waals surface area contributed by atoms with Crippen molar-refractivity contribution in [3.8, 4) is 0 Å². The number of benzene rings is 3. The maximum absolute atomic E-state index is 11.2. The molecule has 0 bridgehead atoms. The van der Waals surface area contributed by atoms with Crippen molar-refractivity contribution < 1.29 is 19.3 Å². The molecule has 0 aromatic heterocycles. The average Bonchev–Trinajstić information content (AvgIpc) is 2.87. The van der Waals surface area contributed by atoms with Gasteiger partial charge in [0.05, 0.1) is 23.1 Å². The minimum Gasteiger partial charge on any atom is -0.369 e. The van der Waals surface area contributed by atoms with Gasteiger partial charge in [-0.2, -0.15) is 0 Å². The Bertz CT molecular complexity index is 1210. The Labute approximate surface area is 206 Å². The normalized spacial score (nSPS) is 19.9. The Kier molecular flexibility index (Phi) is 7.72. The molecule has 4 rings (SSSR count). The molecule has 35 heavy (non-hydrogen) atoms. The monoisotopic (exact) mass is 497 g/mol. The van der Waals surface area contributed by atoms with Crippen LogP contribution in [0.25, 0.3) is 0 Å². The Balaban J connectivity index is 1.62. The van der Waals surface area contributed by atoms with Gasteiger partial charge in [0.15, 0.2) is 0 Å². The van der Waals surface area contributed by atoms with E-state index >= 15 is 0 Å². The van der Waals surface area contributed by atoms with E-state index in [-0.39, 0.29) is 24.6 Å². The van der Waals surface area contributed by atoms with Crippen molar-refractivity contribution in [3.63, 3.8) is 0 Å². The predicted octanol–water partition coefficient (Wildman–Crippen LogP) is 5.15. The molecule has 1 fully saturated rings. The molecule has 2 atom stereocenters. The molecule has 1 heterocycles. The number of nitro groups is 2. The van der Waals surface area contributed by atoms with Crippen LogP contribution >= 0.6 is 11.6 Å². The number of rotatable bonds is 9. The minimum absolute atomic E-state index is 0.00115. The Hall–Kier alpha value is -3.37. The number of nitro benzene ring substituents is 2. The Morgan fingerprint density at radius 3 is 2.11 bits per heavy atom. The summed E-state index contributed by atoms with van der Waals surface area (Å²) in [4.78, 5) is 21.5. The average molecular weight is 498 g/mol. The third kappa shape index (κ3) is 5.83. The molecule has 0 amide bonds. The van der Waals surface area contributed by atoms with E-state index < -0.39 is 21.6 Å². The standard InChI is InChI=1S/C25H24ClN3O6/c26-21-9-7-20(8-10-21)25(35-17-19-4-2-6-23(14-19)29(32)33)11-12-27-15-24(25)34-16-18-3-1-5-22(13-18)28(30)31/h1-10,13-14,24,27H,11-12,15-17H2/t24?,25-/m0/s1. The molecule has 1 N–H and O–H groups in total. The lowest BCUT2D eigenvalue weighted by molar-refractivity contribution is -0.385. The van der Waals surface area contributed by atoms with E-state index in [4.69, 9.17) is 21.1 Å². The molecule has 10 heteroatoms. The lowest BCUT2D eigenvalue weighted by atomic mass is 9.82. The number of ether oxygens (including phenoxy) is 2. The number of hydrogen-bond donors (Lipinski definition) is 1. The highest BCUT2D eigenvalue weighted by atomic mass is 35.5. The van der Waals surface area contributed by atoms with Crippen LogP contribution in [-0.2, 0) is 28.3 Å². The van der Waals surface area contributed by atoms with Crippen LogP contribution in [0.5, 0.6) is 0 Å². The molecule has 1 saturated heterocycles. The highest BCUT2D eigenvalue weighted by Gasteiger charge is 2.44. The van der Waals surface area contributed by atoms with E-state index in [0.717, 1.165) is 5.56 Å². The fraction of sp³-hybridized carbons (Fsp3) is 0.280. The Morgan fingerprint density at radius 2 is 1.51 bits per heavy atom. The van der Waals surface area contributed by atoms with E-state index in [1.54, 1.807) is 36.4 Å². The third-order valence-electron chi connectivity index (χ3n) is 6.05. The minimum atomic E-state index is -0.860. The van der Waals surface area contributed by atoms with Crippen LogP contribution in [0.2, 0.25) is 5.02 Å². The summed E-state index contributed by atoms with van der Waals surface area (Å²) in [7, 11) is 0. The SMILES string of the molecule is O=[N+]([O-])c1cccc(COC2CNCC[C@]2(OCc2cccc([N+](=O)[O-])c2)c2ccc(Cl)cc2)c1. The molecule has 182 valence electrons. The van der Waals surface area contributed by atoms with E-state index in [1.807, 2.05) is 12.1 Å². The van der Waals surface area contributed by atoms with Crippen LogP contribution in [0.3, 0.4) is 0 Å². The molecule has 0 saturated carbocycles. The van der Waals surface area contributed by atoms with Crippen molar-refractivity contribution in [1.29, 1.82) is 0 Å². The quantitative estimate of drug-likeness (QED) is 0.321. The zero-order chi connectivity index (χ0) is 24.8. The second-order valence-electron chi connectivity index (χ2n) is 8.29.